The summed E-state index contributed by atoms with van der Waals surface area (Å²) in [6.45, 7) is 6.04. The van der Waals surface area contributed by atoms with Gasteiger partial charge in [-0.25, -0.2) is 4.99 Å². The smallest absolute Gasteiger partial charge is 0.205 e. The molecule has 0 saturated carbocycles. The highest BCUT2D eigenvalue weighted by molar-refractivity contribution is 5.85. The normalized spacial score (nSPS) is 17.6. The van der Waals surface area contributed by atoms with Gasteiger partial charge >= 0.3 is 0 Å². The van der Waals surface area contributed by atoms with Crippen molar-refractivity contribution < 1.29 is 9.53 Å². The number of aliphatic imine (C=N–C) groups is 1. The molecular formula is C13H15NO2. The maximum Gasteiger partial charge on any atom is 0.205 e. The van der Waals surface area contributed by atoms with E-state index in [1.807, 2.05) is 19.1 Å². The number of hydrogen-bond acceptors (Lipinski definition) is 3. The van der Waals surface area contributed by atoms with Crippen molar-refractivity contribution in [3.05, 3.63) is 47.9 Å². The van der Waals surface area contributed by atoms with Crippen molar-refractivity contribution >= 4 is 12.5 Å². The molecule has 0 aromatic carbocycles. The Morgan fingerprint density at radius 2 is 2.50 bits per heavy atom. The molecule has 0 spiro atoms. The van der Waals surface area contributed by atoms with Crippen LogP contribution in [0.4, 0.5) is 0 Å². The van der Waals surface area contributed by atoms with Crippen LogP contribution < -0.4 is 0 Å². The summed E-state index contributed by atoms with van der Waals surface area (Å²) in [5.74, 6) is 0.377. The van der Waals surface area contributed by atoms with E-state index in [2.05, 4.69) is 11.6 Å². The summed E-state index contributed by atoms with van der Waals surface area (Å²) in [6.07, 6.45) is 10.6. The lowest BCUT2D eigenvalue weighted by molar-refractivity contribution is -0.104. The van der Waals surface area contributed by atoms with Gasteiger partial charge in [-0.2, -0.15) is 0 Å². The molecule has 1 rings (SSSR count). The fraction of sp³-hybridized carbons (Fsp3) is 0.231. The van der Waals surface area contributed by atoms with Crippen molar-refractivity contribution in [1.29, 1.82) is 0 Å². The van der Waals surface area contributed by atoms with Gasteiger partial charge in [0.05, 0.1) is 6.61 Å². The average Bonchev–Trinajstić information content (AvgIpc) is 2.30. The molecule has 1 aliphatic carbocycles. The van der Waals surface area contributed by atoms with E-state index < -0.39 is 0 Å². The van der Waals surface area contributed by atoms with E-state index in [1.165, 1.54) is 0 Å². The van der Waals surface area contributed by atoms with Gasteiger partial charge in [0.2, 0.25) is 5.88 Å². The lowest BCUT2D eigenvalue weighted by atomic mass is 9.99. The Kier molecular flexibility index (Phi) is 4.99. The topological polar surface area (TPSA) is 38.7 Å². The van der Waals surface area contributed by atoms with Crippen LogP contribution in [0.5, 0.6) is 0 Å². The summed E-state index contributed by atoms with van der Waals surface area (Å²) in [5, 5.41) is 0. The molecule has 0 fully saturated rings. The van der Waals surface area contributed by atoms with Gasteiger partial charge in [0.15, 0.2) is 0 Å². The summed E-state index contributed by atoms with van der Waals surface area (Å²) in [4.78, 5) is 14.7. The van der Waals surface area contributed by atoms with E-state index in [4.69, 9.17) is 4.74 Å². The second-order valence-corrected chi connectivity index (χ2v) is 3.17. The van der Waals surface area contributed by atoms with Gasteiger partial charge in [-0.1, -0.05) is 18.2 Å². The van der Waals surface area contributed by atoms with Crippen LogP contribution in [0.2, 0.25) is 0 Å². The Morgan fingerprint density at radius 3 is 3.19 bits per heavy atom. The summed E-state index contributed by atoms with van der Waals surface area (Å²) in [6, 6.07) is 0. The second-order valence-electron chi connectivity index (χ2n) is 3.17. The third-order valence-corrected chi connectivity index (χ3v) is 2.05. The molecule has 0 saturated heterocycles. The van der Waals surface area contributed by atoms with Gasteiger partial charge in [-0.3, -0.25) is 4.79 Å². The highest BCUT2D eigenvalue weighted by atomic mass is 16.5. The molecule has 1 aliphatic rings. The average molecular weight is 217 g/mol. The minimum absolute atomic E-state index is 0.377. The third kappa shape index (κ3) is 3.69. The maximum absolute atomic E-state index is 10.7. The van der Waals surface area contributed by atoms with Crippen molar-refractivity contribution in [2.75, 3.05) is 6.61 Å². The highest BCUT2D eigenvalue weighted by Gasteiger charge is 2.03. The van der Waals surface area contributed by atoms with Crippen LogP contribution in [0.1, 0.15) is 13.3 Å². The Balaban J connectivity index is 2.64. The van der Waals surface area contributed by atoms with Crippen molar-refractivity contribution in [2.45, 2.75) is 13.3 Å². The SMILES string of the molecule is C=C(/N=C\C=C1/CC=CC=C1C=O)OCC. The quantitative estimate of drug-likeness (QED) is 0.403. The van der Waals surface area contributed by atoms with Crippen molar-refractivity contribution in [2.24, 2.45) is 4.99 Å². The molecule has 0 bridgehead atoms. The molecule has 84 valence electrons. The molecule has 16 heavy (non-hydrogen) atoms. The van der Waals surface area contributed by atoms with Gasteiger partial charge in [-0.05, 0) is 31.6 Å². The van der Waals surface area contributed by atoms with E-state index in [-0.39, 0.29) is 0 Å². The molecule has 0 atom stereocenters. The fourth-order valence-corrected chi connectivity index (χ4v) is 1.29. The number of carbonyl (C=O) groups excluding carboxylic acids is 1. The Bertz CT molecular complexity index is 387. The first-order valence-electron chi connectivity index (χ1n) is 5.15. The lowest BCUT2D eigenvalue weighted by Gasteiger charge is -2.06. The number of aldehydes is 1. The molecule has 0 aliphatic heterocycles. The minimum Gasteiger partial charge on any atom is -0.478 e. The molecule has 0 aromatic rings. The minimum atomic E-state index is 0.377. The van der Waals surface area contributed by atoms with Crippen molar-refractivity contribution in [1.82, 2.24) is 0 Å². The zero-order chi connectivity index (χ0) is 11.8. The molecule has 0 radical (unpaired) electrons. The fourth-order valence-electron chi connectivity index (χ4n) is 1.29. The number of carbonyl (C=O) groups is 1. The van der Waals surface area contributed by atoms with Crippen LogP contribution in [0, 0.1) is 0 Å². The predicted molar refractivity (Wildman–Crippen MR) is 65.2 cm³/mol. The number of hydrogen-bond donors (Lipinski definition) is 0. The molecular weight excluding hydrogens is 202 g/mol. The number of rotatable bonds is 5. The van der Waals surface area contributed by atoms with E-state index in [0.29, 0.717) is 18.1 Å². The van der Waals surface area contributed by atoms with Crippen molar-refractivity contribution in [3.63, 3.8) is 0 Å². The van der Waals surface area contributed by atoms with Gasteiger partial charge in [0.25, 0.3) is 0 Å². The highest BCUT2D eigenvalue weighted by Crippen LogP contribution is 2.16. The summed E-state index contributed by atoms with van der Waals surface area (Å²) in [5.41, 5.74) is 1.64. The van der Waals surface area contributed by atoms with E-state index in [1.54, 1.807) is 18.4 Å². The van der Waals surface area contributed by atoms with Gasteiger partial charge in [0, 0.05) is 11.8 Å². The first-order valence-corrected chi connectivity index (χ1v) is 5.15. The number of allylic oxidation sites excluding steroid dienone is 6. The molecule has 3 nitrogen and oxygen atoms in total. The zero-order valence-electron chi connectivity index (χ0n) is 9.35. The predicted octanol–water partition coefficient (Wildman–Crippen LogP) is 2.58. The monoisotopic (exact) mass is 217 g/mol. The van der Waals surface area contributed by atoms with Gasteiger partial charge in [-0.15, -0.1) is 0 Å². The molecule has 0 aromatic heterocycles. The van der Waals surface area contributed by atoms with Crippen LogP contribution in [0.15, 0.2) is 52.9 Å². The van der Waals surface area contributed by atoms with Gasteiger partial charge in [0.1, 0.15) is 6.29 Å². The first kappa shape index (κ1) is 12.2. The Labute approximate surface area is 95.5 Å². The summed E-state index contributed by atoms with van der Waals surface area (Å²) >= 11 is 0. The maximum atomic E-state index is 10.7. The first-order chi connectivity index (χ1) is 7.77. The van der Waals surface area contributed by atoms with E-state index >= 15 is 0 Å². The third-order valence-electron chi connectivity index (χ3n) is 2.05. The standard InChI is InChI=1S/C13H15NO2/c1-3-16-11(2)14-9-8-12-6-4-5-7-13(12)10-15/h4-5,7-10H,2-3,6H2,1H3/b12-8+,14-9-. The molecule has 0 unspecified atom stereocenters. The number of ether oxygens (including phenoxy) is 1. The van der Waals surface area contributed by atoms with Crippen LogP contribution in [0.25, 0.3) is 0 Å². The van der Waals surface area contributed by atoms with Crippen LogP contribution >= 0.6 is 0 Å². The summed E-state index contributed by atoms with van der Waals surface area (Å²) in [7, 11) is 0. The summed E-state index contributed by atoms with van der Waals surface area (Å²) < 4.78 is 5.06. The van der Waals surface area contributed by atoms with Crippen LogP contribution in [0.3, 0.4) is 0 Å². The largest absolute Gasteiger partial charge is 0.478 e. The second kappa shape index (κ2) is 6.56. The molecule has 0 amide bonds. The molecule has 3 heteroatoms. The van der Waals surface area contributed by atoms with E-state index in [9.17, 15) is 4.79 Å². The lowest BCUT2D eigenvalue weighted by Crippen LogP contribution is -1.94. The van der Waals surface area contributed by atoms with Crippen LogP contribution in [-0.4, -0.2) is 19.1 Å². The molecule has 0 N–H and O–H groups in total. The number of nitrogens with zero attached hydrogens (tertiary/aromatic N) is 1. The van der Waals surface area contributed by atoms with Gasteiger partial charge < -0.3 is 4.74 Å². The van der Waals surface area contributed by atoms with E-state index in [0.717, 1.165) is 18.3 Å². The van der Waals surface area contributed by atoms with Crippen LogP contribution in [-0.2, 0) is 9.53 Å². The van der Waals surface area contributed by atoms with Crippen molar-refractivity contribution in [3.8, 4) is 0 Å². The zero-order valence-corrected chi connectivity index (χ0v) is 9.35. The molecule has 0 heterocycles. The Morgan fingerprint density at radius 1 is 1.69 bits per heavy atom. The Hall–Kier alpha value is -1.90.